The molecule has 0 amide bonds. The second-order valence-corrected chi connectivity index (χ2v) is 8.57. The van der Waals surface area contributed by atoms with E-state index < -0.39 is 0 Å². The SMILES string of the molecule is Cc1cc(C)c(C(Br)c2ccc(Br)s2)c(C)c1Br. The first-order valence-corrected chi connectivity index (χ1v) is 8.89. The molecular weight excluding hydrogens is 440 g/mol. The van der Waals surface area contributed by atoms with Crippen molar-refractivity contribution >= 4 is 59.1 Å². The summed E-state index contributed by atoms with van der Waals surface area (Å²) in [6.07, 6.45) is 0. The summed E-state index contributed by atoms with van der Waals surface area (Å²) >= 11 is 12.8. The van der Waals surface area contributed by atoms with Gasteiger partial charge in [0.25, 0.3) is 0 Å². The Hall–Kier alpha value is 0.360. The van der Waals surface area contributed by atoms with Gasteiger partial charge in [0.1, 0.15) is 0 Å². The standard InChI is InChI=1S/C14H13Br3S/c1-7-6-8(2)13(16)9(3)12(7)14(17)10-4-5-11(15)18-10/h4-6,14H,1-3H3. The molecular formula is C14H13Br3S. The van der Waals surface area contributed by atoms with Crippen LogP contribution in [0.3, 0.4) is 0 Å². The van der Waals surface area contributed by atoms with Gasteiger partial charge in [0.2, 0.25) is 0 Å². The molecule has 0 N–H and O–H groups in total. The number of rotatable bonds is 2. The predicted molar refractivity (Wildman–Crippen MR) is 91.1 cm³/mol. The van der Waals surface area contributed by atoms with Crippen molar-refractivity contribution in [3.63, 3.8) is 0 Å². The Bertz CT molecular complexity index is 587. The molecule has 0 saturated heterocycles. The van der Waals surface area contributed by atoms with Gasteiger partial charge in [-0.3, -0.25) is 0 Å². The number of aryl methyl sites for hydroxylation is 2. The van der Waals surface area contributed by atoms with Crippen LogP contribution in [0.15, 0.2) is 26.5 Å². The number of benzene rings is 1. The highest BCUT2D eigenvalue weighted by atomic mass is 79.9. The Morgan fingerprint density at radius 1 is 1.06 bits per heavy atom. The molecule has 96 valence electrons. The van der Waals surface area contributed by atoms with Crippen molar-refractivity contribution < 1.29 is 0 Å². The summed E-state index contributed by atoms with van der Waals surface area (Å²) in [7, 11) is 0. The largest absolute Gasteiger partial charge is 0.132 e. The topological polar surface area (TPSA) is 0 Å². The van der Waals surface area contributed by atoms with Gasteiger partial charge < -0.3 is 0 Å². The summed E-state index contributed by atoms with van der Waals surface area (Å²) in [6, 6.07) is 6.51. The fourth-order valence-corrected chi connectivity index (χ4v) is 5.05. The monoisotopic (exact) mass is 450 g/mol. The van der Waals surface area contributed by atoms with Gasteiger partial charge in [-0.25, -0.2) is 0 Å². The van der Waals surface area contributed by atoms with Gasteiger partial charge in [-0.15, -0.1) is 11.3 Å². The quantitative estimate of drug-likeness (QED) is 0.445. The molecule has 1 atom stereocenters. The molecule has 0 aliphatic carbocycles. The molecule has 0 bridgehead atoms. The van der Waals surface area contributed by atoms with Crippen LogP contribution in [-0.4, -0.2) is 0 Å². The molecule has 0 radical (unpaired) electrons. The lowest BCUT2D eigenvalue weighted by Crippen LogP contribution is -2.00. The molecule has 1 heterocycles. The maximum Gasteiger partial charge on any atom is 0.0743 e. The van der Waals surface area contributed by atoms with Gasteiger partial charge in [0.15, 0.2) is 0 Å². The maximum absolute atomic E-state index is 3.84. The zero-order chi connectivity index (χ0) is 13.4. The van der Waals surface area contributed by atoms with Gasteiger partial charge in [-0.2, -0.15) is 0 Å². The van der Waals surface area contributed by atoms with Gasteiger partial charge in [0.05, 0.1) is 8.61 Å². The highest BCUT2D eigenvalue weighted by Crippen LogP contribution is 2.41. The van der Waals surface area contributed by atoms with Crippen molar-refractivity contribution in [2.24, 2.45) is 0 Å². The molecule has 0 fully saturated rings. The average molecular weight is 453 g/mol. The molecule has 0 nitrogen and oxygen atoms in total. The zero-order valence-electron chi connectivity index (χ0n) is 10.4. The van der Waals surface area contributed by atoms with Crippen molar-refractivity contribution in [2.75, 3.05) is 0 Å². The molecule has 1 aromatic carbocycles. The van der Waals surface area contributed by atoms with E-state index in [1.165, 1.54) is 35.4 Å². The number of alkyl halides is 1. The third kappa shape index (κ3) is 2.77. The lowest BCUT2D eigenvalue weighted by atomic mass is 9.97. The molecule has 1 aromatic heterocycles. The van der Waals surface area contributed by atoms with Crippen LogP contribution in [0.1, 0.15) is 32.0 Å². The second-order valence-electron chi connectivity index (χ2n) is 4.37. The van der Waals surface area contributed by atoms with E-state index in [2.05, 4.69) is 86.8 Å². The van der Waals surface area contributed by atoms with Crippen molar-refractivity contribution in [3.05, 3.63) is 53.6 Å². The summed E-state index contributed by atoms with van der Waals surface area (Å²) in [5, 5.41) is 0. The van der Waals surface area contributed by atoms with E-state index in [4.69, 9.17) is 0 Å². The van der Waals surface area contributed by atoms with Crippen LogP contribution in [-0.2, 0) is 0 Å². The smallest absolute Gasteiger partial charge is 0.0743 e. The summed E-state index contributed by atoms with van der Waals surface area (Å²) in [6.45, 7) is 6.49. The van der Waals surface area contributed by atoms with E-state index in [9.17, 15) is 0 Å². The summed E-state index contributed by atoms with van der Waals surface area (Å²) in [5.41, 5.74) is 5.31. The Morgan fingerprint density at radius 2 is 1.72 bits per heavy atom. The lowest BCUT2D eigenvalue weighted by Gasteiger charge is -2.18. The molecule has 2 rings (SSSR count). The number of hydrogen-bond donors (Lipinski definition) is 0. The number of hydrogen-bond acceptors (Lipinski definition) is 1. The van der Waals surface area contributed by atoms with Crippen molar-refractivity contribution in [3.8, 4) is 0 Å². The third-order valence-electron chi connectivity index (χ3n) is 3.03. The van der Waals surface area contributed by atoms with E-state index in [1.807, 2.05) is 0 Å². The Labute approximate surface area is 137 Å². The lowest BCUT2D eigenvalue weighted by molar-refractivity contribution is 1.11. The second kappa shape index (κ2) is 5.78. The van der Waals surface area contributed by atoms with E-state index in [0.29, 0.717) is 0 Å². The fourth-order valence-electron chi connectivity index (χ4n) is 2.17. The van der Waals surface area contributed by atoms with E-state index in [1.54, 1.807) is 11.3 Å². The van der Waals surface area contributed by atoms with E-state index in [-0.39, 0.29) is 4.83 Å². The van der Waals surface area contributed by atoms with Gasteiger partial charge >= 0.3 is 0 Å². The van der Waals surface area contributed by atoms with Crippen molar-refractivity contribution in [1.29, 1.82) is 0 Å². The first-order valence-electron chi connectivity index (χ1n) is 5.57. The summed E-state index contributed by atoms with van der Waals surface area (Å²) in [4.78, 5) is 1.58. The molecule has 4 heteroatoms. The molecule has 18 heavy (non-hydrogen) atoms. The maximum atomic E-state index is 3.84. The minimum Gasteiger partial charge on any atom is -0.132 e. The molecule has 0 aliphatic heterocycles. The van der Waals surface area contributed by atoms with Crippen LogP contribution in [0.25, 0.3) is 0 Å². The minimum absolute atomic E-state index is 0.255. The van der Waals surface area contributed by atoms with E-state index >= 15 is 0 Å². The van der Waals surface area contributed by atoms with Crippen molar-refractivity contribution in [1.82, 2.24) is 0 Å². The highest BCUT2D eigenvalue weighted by molar-refractivity contribution is 9.11. The Balaban J connectivity index is 2.54. The summed E-state index contributed by atoms with van der Waals surface area (Å²) in [5.74, 6) is 0. The van der Waals surface area contributed by atoms with Crippen LogP contribution < -0.4 is 0 Å². The van der Waals surface area contributed by atoms with Gasteiger partial charge in [-0.05, 0) is 71.1 Å². The van der Waals surface area contributed by atoms with E-state index in [0.717, 1.165) is 0 Å². The fraction of sp³-hybridized carbons (Fsp3) is 0.286. The average Bonchev–Trinajstić information content (AvgIpc) is 2.73. The molecule has 0 spiro atoms. The normalized spacial score (nSPS) is 12.8. The van der Waals surface area contributed by atoms with Crippen LogP contribution in [0, 0.1) is 20.8 Å². The third-order valence-corrected chi connectivity index (χ3v) is 7.20. The molecule has 0 saturated carbocycles. The van der Waals surface area contributed by atoms with Crippen LogP contribution in [0.4, 0.5) is 0 Å². The minimum atomic E-state index is 0.255. The number of halogens is 3. The predicted octanol–water partition coefficient (Wildman–Crippen LogP) is 6.68. The first-order chi connectivity index (χ1) is 8.41. The number of thiophene rings is 1. The first kappa shape index (κ1) is 14.8. The van der Waals surface area contributed by atoms with Crippen LogP contribution in [0.2, 0.25) is 0 Å². The molecule has 1 unspecified atom stereocenters. The van der Waals surface area contributed by atoms with Crippen molar-refractivity contribution in [2.45, 2.75) is 25.6 Å². The van der Waals surface area contributed by atoms with Gasteiger partial charge in [-0.1, -0.05) is 37.9 Å². The molecule has 2 aromatic rings. The van der Waals surface area contributed by atoms with Crippen LogP contribution >= 0.6 is 59.1 Å². The van der Waals surface area contributed by atoms with Crippen LogP contribution in [0.5, 0.6) is 0 Å². The summed E-state index contributed by atoms with van der Waals surface area (Å²) < 4.78 is 2.38. The zero-order valence-corrected chi connectivity index (χ0v) is 15.9. The highest BCUT2D eigenvalue weighted by Gasteiger charge is 2.19. The molecule has 0 aliphatic rings. The Morgan fingerprint density at radius 3 is 2.28 bits per heavy atom. The Kier molecular flexibility index (Phi) is 4.74. The van der Waals surface area contributed by atoms with Gasteiger partial charge in [0, 0.05) is 9.35 Å².